The van der Waals surface area contributed by atoms with Crippen molar-refractivity contribution in [2.75, 3.05) is 36.0 Å². The Balaban J connectivity index is 1.59. The molecule has 9 heteroatoms. The summed E-state index contributed by atoms with van der Waals surface area (Å²) in [4.78, 5) is 31.4. The van der Waals surface area contributed by atoms with Crippen molar-refractivity contribution in [3.8, 4) is 17.0 Å². The van der Waals surface area contributed by atoms with Crippen LogP contribution in [0.25, 0.3) is 11.1 Å². The van der Waals surface area contributed by atoms with Crippen molar-refractivity contribution < 1.29 is 19.4 Å². The molecule has 0 saturated carbocycles. The smallest absolute Gasteiger partial charge is 0.337 e. The van der Waals surface area contributed by atoms with E-state index >= 15 is 0 Å². The van der Waals surface area contributed by atoms with E-state index in [1.807, 2.05) is 48.5 Å². The van der Waals surface area contributed by atoms with E-state index in [0.29, 0.717) is 23.7 Å². The Morgan fingerprint density at radius 3 is 2.38 bits per heavy atom. The standard InChI is InChI=1S/C36H49N5O4/c1-10-44-33-22(2)32(37-21-38-33)41-16-13-25-19-26(11-12-27(25)20-41)28-23(3)39-24(4)29(31(34(42)43)45-35(5,6)7)30(28)40-17-14-36(8,9)15-18-40/h11-12,19,21,31H,10,13-18,20H2,1-9H3,(H,42,43). The van der Waals surface area contributed by atoms with Crippen LogP contribution in [0.3, 0.4) is 0 Å². The van der Waals surface area contributed by atoms with Gasteiger partial charge in [-0.25, -0.2) is 14.8 Å². The van der Waals surface area contributed by atoms with Crippen LogP contribution in [0.2, 0.25) is 0 Å². The summed E-state index contributed by atoms with van der Waals surface area (Å²) in [7, 11) is 0. The molecule has 9 nitrogen and oxygen atoms in total. The maximum atomic E-state index is 12.8. The van der Waals surface area contributed by atoms with Crippen molar-refractivity contribution in [1.29, 1.82) is 0 Å². The van der Waals surface area contributed by atoms with Gasteiger partial charge in [-0.05, 0) is 89.8 Å². The van der Waals surface area contributed by atoms with Crippen LogP contribution in [0.4, 0.5) is 11.5 Å². The lowest BCUT2D eigenvalue weighted by Gasteiger charge is -2.41. The number of carboxylic acid groups (broad SMARTS) is 1. The SMILES string of the molecule is CCOc1ncnc(N2CCc3cc(-c4c(C)nc(C)c(C(OC(C)(C)C)C(=O)O)c4N4CCC(C)(C)CC4)ccc3C2)c1C. The molecule has 242 valence electrons. The molecule has 5 rings (SSSR count). The van der Waals surface area contributed by atoms with E-state index in [2.05, 4.69) is 51.8 Å². The third-order valence-corrected chi connectivity index (χ3v) is 9.07. The number of benzene rings is 1. The molecule has 0 bridgehead atoms. The molecule has 1 saturated heterocycles. The van der Waals surface area contributed by atoms with Gasteiger partial charge in [-0.3, -0.25) is 4.98 Å². The Kier molecular flexibility index (Phi) is 9.13. The van der Waals surface area contributed by atoms with E-state index in [1.54, 1.807) is 6.33 Å². The van der Waals surface area contributed by atoms with Gasteiger partial charge in [0.25, 0.3) is 0 Å². The van der Waals surface area contributed by atoms with Crippen molar-refractivity contribution in [3.63, 3.8) is 0 Å². The summed E-state index contributed by atoms with van der Waals surface area (Å²) in [5, 5.41) is 10.5. The first-order valence-electron chi connectivity index (χ1n) is 16.2. The summed E-state index contributed by atoms with van der Waals surface area (Å²) in [5.74, 6) is 0.534. The fraction of sp³-hybridized carbons (Fsp3) is 0.556. The number of hydrogen-bond donors (Lipinski definition) is 1. The number of fused-ring (bicyclic) bond motifs is 1. The minimum atomic E-state index is -1.13. The minimum Gasteiger partial charge on any atom is -0.479 e. The molecule has 1 aromatic carbocycles. The second-order valence-electron chi connectivity index (χ2n) is 14.2. The molecule has 1 atom stereocenters. The number of aromatic nitrogens is 3. The van der Waals surface area contributed by atoms with E-state index < -0.39 is 17.7 Å². The van der Waals surface area contributed by atoms with Crippen molar-refractivity contribution in [2.45, 2.75) is 99.8 Å². The maximum absolute atomic E-state index is 12.8. The minimum absolute atomic E-state index is 0.241. The molecule has 3 aromatic rings. The number of carbonyl (C=O) groups is 1. The molecule has 0 spiro atoms. The zero-order chi connectivity index (χ0) is 32.7. The topological polar surface area (TPSA) is 101 Å². The first-order chi connectivity index (χ1) is 21.2. The third-order valence-electron chi connectivity index (χ3n) is 9.07. The Hall–Kier alpha value is -3.72. The van der Waals surface area contributed by atoms with Gasteiger partial charge in [-0.15, -0.1) is 0 Å². The molecule has 45 heavy (non-hydrogen) atoms. The van der Waals surface area contributed by atoms with Gasteiger partial charge in [0, 0.05) is 48.7 Å². The highest BCUT2D eigenvalue weighted by Crippen LogP contribution is 2.45. The van der Waals surface area contributed by atoms with E-state index in [0.717, 1.165) is 79.3 Å². The molecule has 1 unspecified atom stereocenters. The number of carboxylic acids is 1. The van der Waals surface area contributed by atoms with Gasteiger partial charge in [0.1, 0.15) is 12.1 Å². The van der Waals surface area contributed by atoms with Crippen LogP contribution in [-0.4, -0.2) is 57.9 Å². The van der Waals surface area contributed by atoms with Gasteiger partial charge in [0.05, 0.1) is 23.5 Å². The van der Waals surface area contributed by atoms with Gasteiger partial charge >= 0.3 is 5.97 Å². The molecule has 0 amide bonds. The lowest BCUT2D eigenvalue weighted by atomic mass is 9.81. The maximum Gasteiger partial charge on any atom is 0.337 e. The van der Waals surface area contributed by atoms with Crippen LogP contribution in [0.15, 0.2) is 24.5 Å². The van der Waals surface area contributed by atoms with Crippen LogP contribution in [0, 0.1) is 26.2 Å². The van der Waals surface area contributed by atoms with Gasteiger partial charge in [-0.2, -0.15) is 0 Å². The number of aliphatic carboxylic acids is 1. The van der Waals surface area contributed by atoms with Crippen LogP contribution in [0.5, 0.6) is 5.88 Å². The van der Waals surface area contributed by atoms with Gasteiger partial charge in [-0.1, -0.05) is 32.0 Å². The van der Waals surface area contributed by atoms with Crippen molar-refractivity contribution in [3.05, 3.63) is 58.2 Å². The average molecular weight is 616 g/mol. The summed E-state index contributed by atoms with van der Waals surface area (Å²) in [6, 6.07) is 6.66. The molecule has 0 radical (unpaired) electrons. The predicted molar refractivity (Wildman–Crippen MR) is 178 cm³/mol. The normalized spacial score (nSPS) is 17.2. The molecule has 1 fully saturated rings. The number of aryl methyl sites for hydroxylation is 2. The second kappa shape index (κ2) is 12.6. The third kappa shape index (κ3) is 6.93. The molecular weight excluding hydrogens is 566 g/mol. The molecule has 0 aliphatic carbocycles. The fourth-order valence-electron chi connectivity index (χ4n) is 6.67. The molecule has 2 aliphatic heterocycles. The van der Waals surface area contributed by atoms with Crippen LogP contribution in [0.1, 0.15) is 94.1 Å². The zero-order valence-corrected chi connectivity index (χ0v) is 28.5. The van der Waals surface area contributed by atoms with E-state index in [1.165, 1.54) is 11.1 Å². The highest BCUT2D eigenvalue weighted by atomic mass is 16.5. The Morgan fingerprint density at radius 2 is 1.73 bits per heavy atom. The summed E-state index contributed by atoms with van der Waals surface area (Å²) < 4.78 is 12.0. The van der Waals surface area contributed by atoms with E-state index in [9.17, 15) is 9.90 Å². The quantitative estimate of drug-likeness (QED) is 0.287. The number of rotatable bonds is 8. The Morgan fingerprint density at radius 1 is 1.02 bits per heavy atom. The van der Waals surface area contributed by atoms with E-state index in [4.69, 9.17) is 14.5 Å². The van der Waals surface area contributed by atoms with Gasteiger partial charge < -0.3 is 24.4 Å². The highest BCUT2D eigenvalue weighted by molar-refractivity contribution is 5.88. The fourth-order valence-corrected chi connectivity index (χ4v) is 6.67. The van der Waals surface area contributed by atoms with Crippen molar-refractivity contribution in [2.24, 2.45) is 5.41 Å². The van der Waals surface area contributed by atoms with Crippen molar-refractivity contribution >= 4 is 17.5 Å². The number of anilines is 2. The van der Waals surface area contributed by atoms with Crippen LogP contribution in [-0.2, 0) is 22.5 Å². The number of nitrogens with zero attached hydrogens (tertiary/aromatic N) is 5. The largest absolute Gasteiger partial charge is 0.479 e. The second-order valence-corrected chi connectivity index (χ2v) is 14.2. The number of piperidine rings is 1. The van der Waals surface area contributed by atoms with Crippen molar-refractivity contribution in [1.82, 2.24) is 15.0 Å². The molecular formula is C36H49N5O4. The predicted octanol–water partition coefficient (Wildman–Crippen LogP) is 6.99. The number of pyridine rings is 1. The summed E-state index contributed by atoms with van der Waals surface area (Å²) in [6.45, 7) is 22.1. The van der Waals surface area contributed by atoms with Gasteiger partial charge in [0.15, 0.2) is 6.10 Å². The van der Waals surface area contributed by atoms with Crippen LogP contribution < -0.4 is 14.5 Å². The lowest BCUT2D eigenvalue weighted by molar-refractivity contribution is -0.160. The summed E-state index contributed by atoms with van der Waals surface area (Å²) in [5.41, 5.74) is 8.34. The number of hydrogen-bond acceptors (Lipinski definition) is 8. The summed E-state index contributed by atoms with van der Waals surface area (Å²) in [6.07, 6.45) is 3.36. The highest BCUT2D eigenvalue weighted by Gasteiger charge is 2.36. The molecule has 4 heterocycles. The zero-order valence-electron chi connectivity index (χ0n) is 28.5. The number of ether oxygens (including phenoxy) is 2. The molecule has 2 aromatic heterocycles. The average Bonchev–Trinajstić information content (AvgIpc) is 2.96. The van der Waals surface area contributed by atoms with E-state index in [-0.39, 0.29) is 5.41 Å². The lowest BCUT2D eigenvalue weighted by Crippen LogP contribution is -2.39. The first kappa shape index (κ1) is 32.7. The molecule has 1 N–H and O–H groups in total. The van der Waals surface area contributed by atoms with Gasteiger partial charge in [0.2, 0.25) is 5.88 Å². The monoisotopic (exact) mass is 615 g/mol. The molecule has 2 aliphatic rings. The Labute approximate surface area is 268 Å². The van der Waals surface area contributed by atoms with Crippen LogP contribution >= 0.6 is 0 Å². The summed E-state index contributed by atoms with van der Waals surface area (Å²) >= 11 is 0. The first-order valence-corrected chi connectivity index (χ1v) is 16.2. The Bertz CT molecular complexity index is 1570.